The Labute approximate surface area is 178 Å². The summed E-state index contributed by atoms with van der Waals surface area (Å²) in [6.45, 7) is 2.87. The van der Waals surface area contributed by atoms with Crippen LogP contribution in [0.4, 0.5) is 0 Å². The van der Waals surface area contributed by atoms with Crippen LogP contribution in [-0.2, 0) is 6.54 Å². The Morgan fingerprint density at radius 2 is 1.80 bits per heavy atom. The molecule has 2 aromatic heterocycles. The smallest absolute Gasteiger partial charge is 0.274 e. The lowest BCUT2D eigenvalue weighted by Crippen LogP contribution is -2.34. The van der Waals surface area contributed by atoms with Gasteiger partial charge in [0.2, 0.25) is 0 Å². The minimum atomic E-state index is -0.212. The van der Waals surface area contributed by atoms with Crippen molar-refractivity contribution >= 4 is 28.0 Å². The van der Waals surface area contributed by atoms with E-state index >= 15 is 0 Å². The molecule has 2 aromatic carbocycles. The molecular weight excluding hydrogens is 396 g/mol. The maximum atomic E-state index is 13.3. The molecule has 0 bridgehead atoms. The lowest BCUT2D eigenvalue weighted by Gasteiger charge is -2.21. The first kappa shape index (κ1) is 20.0. The minimum absolute atomic E-state index is 0.112. The largest absolute Gasteiger partial charge is 0.340 e. The van der Waals surface area contributed by atoms with Crippen LogP contribution in [0.5, 0.6) is 0 Å². The molecule has 0 saturated carbocycles. The van der Waals surface area contributed by atoms with E-state index in [1.165, 1.54) is 4.68 Å². The molecular formula is C23H22N4O2S. The number of likely N-dealkylation sites (N-methyl/N-ethyl adjacent to an activating group) is 1. The molecule has 1 atom stereocenters. The summed E-state index contributed by atoms with van der Waals surface area (Å²) in [6, 6.07) is 16.8. The average molecular weight is 419 g/mol. The summed E-state index contributed by atoms with van der Waals surface area (Å²) >= 11 is 1.58. The summed E-state index contributed by atoms with van der Waals surface area (Å²) in [7, 11) is 1.76. The van der Waals surface area contributed by atoms with Crippen LogP contribution in [0.3, 0.4) is 0 Å². The van der Waals surface area contributed by atoms with E-state index in [0.29, 0.717) is 23.9 Å². The lowest BCUT2D eigenvalue weighted by atomic mass is 10.1. The van der Waals surface area contributed by atoms with Crippen molar-refractivity contribution in [2.24, 2.45) is 0 Å². The van der Waals surface area contributed by atoms with Gasteiger partial charge < -0.3 is 4.90 Å². The SMILES string of the molecule is CC(CN(C)C(=O)c1nn(Cc2ccccc2)c(=O)c2ccccc12)c1nccs1. The highest BCUT2D eigenvalue weighted by molar-refractivity contribution is 7.09. The lowest BCUT2D eigenvalue weighted by molar-refractivity contribution is 0.0782. The van der Waals surface area contributed by atoms with E-state index in [0.717, 1.165) is 10.6 Å². The minimum Gasteiger partial charge on any atom is -0.340 e. The topological polar surface area (TPSA) is 68.1 Å². The van der Waals surface area contributed by atoms with Crippen LogP contribution in [0.1, 0.15) is 33.9 Å². The van der Waals surface area contributed by atoms with Gasteiger partial charge in [-0.25, -0.2) is 9.67 Å². The number of thiazole rings is 1. The number of amides is 1. The van der Waals surface area contributed by atoms with Gasteiger partial charge in [0, 0.05) is 36.5 Å². The van der Waals surface area contributed by atoms with Crippen molar-refractivity contribution < 1.29 is 4.79 Å². The van der Waals surface area contributed by atoms with E-state index in [2.05, 4.69) is 10.1 Å². The van der Waals surface area contributed by atoms with Gasteiger partial charge in [0.1, 0.15) is 0 Å². The maximum absolute atomic E-state index is 13.3. The molecule has 0 aliphatic heterocycles. The van der Waals surface area contributed by atoms with Crippen molar-refractivity contribution in [3.8, 4) is 0 Å². The van der Waals surface area contributed by atoms with Crippen molar-refractivity contribution in [2.75, 3.05) is 13.6 Å². The molecule has 0 spiro atoms. The predicted octanol–water partition coefficient (Wildman–Crippen LogP) is 3.78. The summed E-state index contributed by atoms with van der Waals surface area (Å²) in [4.78, 5) is 32.3. The molecule has 4 aromatic rings. The first-order chi connectivity index (χ1) is 14.5. The Hall–Kier alpha value is -3.32. The van der Waals surface area contributed by atoms with Gasteiger partial charge in [0.15, 0.2) is 5.69 Å². The number of fused-ring (bicyclic) bond motifs is 1. The highest BCUT2D eigenvalue weighted by Crippen LogP contribution is 2.20. The van der Waals surface area contributed by atoms with Gasteiger partial charge in [-0.1, -0.05) is 55.5 Å². The highest BCUT2D eigenvalue weighted by Gasteiger charge is 2.22. The second-order valence-electron chi connectivity index (χ2n) is 7.30. The van der Waals surface area contributed by atoms with E-state index in [9.17, 15) is 9.59 Å². The monoisotopic (exact) mass is 418 g/mol. The van der Waals surface area contributed by atoms with Crippen molar-refractivity contribution in [1.82, 2.24) is 19.7 Å². The number of hydrogen-bond acceptors (Lipinski definition) is 5. The van der Waals surface area contributed by atoms with Crippen LogP contribution in [0, 0.1) is 0 Å². The molecule has 1 amide bonds. The molecule has 0 radical (unpaired) electrons. The summed E-state index contributed by atoms with van der Waals surface area (Å²) in [5.74, 6) is -0.100. The number of nitrogens with zero attached hydrogens (tertiary/aromatic N) is 4. The number of carbonyl (C=O) groups excluding carboxylic acids is 1. The first-order valence-corrected chi connectivity index (χ1v) is 10.6. The van der Waals surface area contributed by atoms with Crippen LogP contribution in [0.2, 0.25) is 0 Å². The zero-order valence-corrected chi connectivity index (χ0v) is 17.7. The molecule has 4 rings (SSSR count). The predicted molar refractivity (Wildman–Crippen MR) is 119 cm³/mol. The van der Waals surface area contributed by atoms with Gasteiger partial charge in [0.25, 0.3) is 11.5 Å². The van der Waals surface area contributed by atoms with E-state index < -0.39 is 0 Å². The van der Waals surface area contributed by atoms with Crippen molar-refractivity contribution in [1.29, 1.82) is 0 Å². The average Bonchev–Trinajstić information content (AvgIpc) is 3.31. The Morgan fingerprint density at radius 1 is 1.10 bits per heavy atom. The van der Waals surface area contributed by atoms with E-state index in [1.54, 1.807) is 47.7 Å². The molecule has 152 valence electrons. The molecule has 6 nitrogen and oxygen atoms in total. The van der Waals surface area contributed by atoms with Gasteiger partial charge >= 0.3 is 0 Å². The fraction of sp³-hybridized carbons (Fsp3) is 0.217. The van der Waals surface area contributed by atoms with E-state index in [1.807, 2.05) is 48.7 Å². The molecule has 0 saturated heterocycles. The van der Waals surface area contributed by atoms with Crippen molar-refractivity contribution in [3.05, 3.63) is 92.8 Å². The number of aromatic nitrogens is 3. The third kappa shape index (κ3) is 4.02. The highest BCUT2D eigenvalue weighted by atomic mass is 32.1. The van der Waals surface area contributed by atoms with Crippen molar-refractivity contribution in [2.45, 2.75) is 19.4 Å². The van der Waals surface area contributed by atoms with Gasteiger partial charge in [-0.3, -0.25) is 9.59 Å². The van der Waals surface area contributed by atoms with Crippen LogP contribution in [0.25, 0.3) is 10.8 Å². The fourth-order valence-electron chi connectivity index (χ4n) is 3.49. The maximum Gasteiger partial charge on any atom is 0.274 e. The van der Waals surface area contributed by atoms with Crippen molar-refractivity contribution in [3.63, 3.8) is 0 Å². The number of carbonyl (C=O) groups is 1. The third-order valence-corrected chi connectivity index (χ3v) is 6.02. The molecule has 0 fully saturated rings. The Bertz CT molecular complexity index is 1220. The Morgan fingerprint density at radius 3 is 2.50 bits per heavy atom. The normalized spacial score (nSPS) is 12.1. The standard InChI is InChI=1S/C23H22N4O2S/c1-16(21-24-12-13-30-21)14-26(2)23(29)20-18-10-6-7-11-19(18)22(28)27(25-20)15-17-8-4-3-5-9-17/h3-13,16H,14-15H2,1-2H3. The summed E-state index contributed by atoms with van der Waals surface area (Å²) in [5, 5.41) is 8.48. The van der Waals surface area contributed by atoms with Crippen LogP contribution in [0.15, 0.2) is 71.0 Å². The Balaban J connectivity index is 1.71. The molecule has 0 aliphatic carbocycles. The first-order valence-electron chi connectivity index (χ1n) is 9.73. The summed E-state index contributed by atoms with van der Waals surface area (Å²) < 4.78 is 1.38. The van der Waals surface area contributed by atoms with Gasteiger partial charge in [-0.05, 0) is 11.6 Å². The second-order valence-corrected chi connectivity index (χ2v) is 8.23. The van der Waals surface area contributed by atoms with Crippen LogP contribution in [-0.4, -0.2) is 39.2 Å². The van der Waals surface area contributed by atoms with Crippen LogP contribution >= 0.6 is 11.3 Å². The zero-order valence-electron chi connectivity index (χ0n) is 16.9. The molecule has 7 heteroatoms. The van der Waals surface area contributed by atoms with Gasteiger partial charge in [-0.15, -0.1) is 11.3 Å². The van der Waals surface area contributed by atoms with Gasteiger partial charge in [-0.2, -0.15) is 5.10 Å². The molecule has 1 unspecified atom stereocenters. The van der Waals surface area contributed by atoms with E-state index in [-0.39, 0.29) is 23.1 Å². The summed E-state index contributed by atoms with van der Waals surface area (Å²) in [5.41, 5.74) is 1.03. The molecule has 2 heterocycles. The molecule has 0 aliphatic rings. The molecule has 30 heavy (non-hydrogen) atoms. The summed E-state index contributed by atoms with van der Waals surface area (Å²) in [6.07, 6.45) is 1.77. The third-order valence-electron chi connectivity index (χ3n) is 5.01. The van der Waals surface area contributed by atoms with Gasteiger partial charge in [0.05, 0.1) is 16.9 Å². The van der Waals surface area contributed by atoms with E-state index in [4.69, 9.17) is 0 Å². The number of hydrogen-bond donors (Lipinski definition) is 0. The second kappa shape index (κ2) is 8.59. The zero-order chi connectivity index (χ0) is 21.1. The quantitative estimate of drug-likeness (QED) is 0.478. The fourth-order valence-corrected chi connectivity index (χ4v) is 4.18. The Kier molecular flexibility index (Phi) is 5.72. The number of rotatable bonds is 6. The number of benzene rings is 2. The molecule has 0 N–H and O–H groups in total. The van der Waals surface area contributed by atoms with Crippen LogP contribution < -0.4 is 5.56 Å².